The minimum Gasteiger partial charge on any atom is -0.394 e. The normalized spacial score (nSPS) is 23.8. The van der Waals surface area contributed by atoms with Gasteiger partial charge in [0, 0.05) is 6.42 Å². The van der Waals surface area contributed by atoms with Gasteiger partial charge in [0.05, 0.1) is 32.0 Å². The summed E-state index contributed by atoms with van der Waals surface area (Å²) in [6.07, 6.45) is 53.3. The molecule has 0 aromatic heterocycles. The predicted octanol–water partition coefficient (Wildman–Crippen LogP) is 14.1. The molecule has 14 heteroatoms. The van der Waals surface area contributed by atoms with Crippen LogP contribution in [0.4, 0.5) is 0 Å². The van der Waals surface area contributed by atoms with Crippen LogP contribution in [-0.4, -0.2) is 140 Å². The molecule has 2 heterocycles. The van der Waals surface area contributed by atoms with Crippen LogP contribution in [0, 0.1) is 0 Å². The quantitative estimate of drug-likeness (QED) is 0.0204. The number of carbonyl (C=O) groups is 1. The fourth-order valence-electron chi connectivity index (χ4n) is 11.7. The van der Waals surface area contributed by atoms with Crippen LogP contribution in [0.5, 0.6) is 0 Å². The molecular formula is C70H131NO13. The summed E-state index contributed by atoms with van der Waals surface area (Å²) in [6.45, 7) is 2.87. The third kappa shape index (κ3) is 39.3. The summed E-state index contributed by atoms with van der Waals surface area (Å²) < 4.78 is 22.9. The van der Waals surface area contributed by atoms with Crippen molar-refractivity contribution >= 4 is 5.91 Å². The molecule has 2 aliphatic rings. The third-order valence-electron chi connectivity index (χ3n) is 17.4. The minimum absolute atomic E-state index is 0.202. The smallest absolute Gasteiger partial charge is 0.220 e. The highest BCUT2D eigenvalue weighted by Crippen LogP contribution is 2.30. The number of hydrogen-bond acceptors (Lipinski definition) is 13. The van der Waals surface area contributed by atoms with Crippen molar-refractivity contribution in [1.29, 1.82) is 0 Å². The zero-order chi connectivity index (χ0) is 60.9. The van der Waals surface area contributed by atoms with E-state index in [1.807, 2.05) is 0 Å². The molecular weight excluding hydrogens is 1060 g/mol. The van der Waals surface area contributed by atoms with Crippen LogP contribution < -0.4 is 5.32 Å². The molecule has 2 fully saturated rings. The SMILES string of the molecule is CCCCCCC/C=C\C/C=C\C/C=C\CCCCCCCCCCCCCCCCCCCCCCCCC(=O)NC(COC1OC(CO)C(OC2OC(CO)C(O)C(O)C2O)C(O)C1O)C(O)CCCCCCCCCCCCCCC. The van der Waals surface area contributed by atoms with E-state index in [4.69, 9.17) is 18.9 Å². The van der Waals surface area contributed by atoms with E-state index < -0.39 is 86.8 Å². The van der Waals surface area contributed by atoms with Crippen LogP contribution in [0.1, 0.15) is 309 Å². The first-order chi connectivity index (χ1) is 41.1. The second-order valence-electron chi connectivity index (χ2n) is 25.0. The number of nitrogens with one attached hydrogen (secondary N) is 1. The van der Waals surface area contributed by atoms with Crippen LogP contribution in [-0.2, 0) is 23.7 Å². The van der Waals surface area contributed by atoms with Gasteiger partial charge < -0.3 is 65.1 Å². The van der Waals surface area contributed by atoms with Gasteiger partial charge in [-0.15, -0.1) is 0 Å². The number of carbonyl (C=O) groups excluding carboxylic acids is 1. The lowest BCUT2D eigenvalue weighted by Gasteiger charge is -2.46. The van der Waals surface area contributed by atoms with Crippen molar-refractivity contribution < 1.29 is 64.6 Å². The molecule has 0 aromatic rings. The Kier molecular flexibility index (Phi) is 51.5. The fourth-order valence-corrected chi connectivity index (χ4v) is 11.7. The third-order valence-corrected chi connectivity index (χ3v) is 17.4. The van der Waals surface area contributed by atoms with E-state index in [1.54, 1.807) is 0 Å². The first-order valence-corrected chi connectivity index (χ1v) is 35.2. The van der Waals surface area contributed by atoms with Gasteiger partial charge in [0.1, 0.15) is 48.8 Å². The lowest BCUT2D eigenvalue weighted by molar-refractivity contribution is -0.359. The van der Waals surface area contributed by atoms with Gasteiger partial charge in [-0.1, -0.05) is 288 Å². The summed E-state index contributed by atoms with van der Waals surface area (Å²) in [4.78, 5) is 13.3. The molecule has 2 rings (SSSR count). The molecule has 9 N–H and O–H groups in total. The summed E-state index contributed by atoms with van der Waals surface area (Å²) in [5.41, 5.74) is 0. The van der Waals surface area contributed by atoms with Gasteiger partial charge in [-0.05, 0) is 51.4 Å². The second-order valence-corrected chi connectivity index (χ2v) is 25.0. The number of aliphatic hydroxyl groups excluding tert-OH is 8. The van der Waals surface area contributed by atoms with Crippen molar-refractivity contribution in [3.63, 3.8) is 0 Å². The van der Waals surface area contributed by atoms with Crippen LogP contribution >= 0.6 is 0 Å². The number of ether oxygens (including phenoxy) is 4. The highest BCUT2D eigenvalue weighted by atomic mass is 16.7. The van der Waals surface area contributed by atoms with Crippen LogP contribution in [0.2, 0.25) is 0 Å². The monoisotopic (exact) mass is 1190 g/mol. The maximum atomic E-state index is 13.3. The fraction of sp³-hybridized carbons (Fsp3) is 0.900. The Balaban J connectivity index is 1.56. The van der Waals surface area contributed by atoms with Crippen LogP contribution in [0.3, 0.4) is 0 Å². The summed E-state index contributed by atoms with van der Waals surface area (Å²) in [6, 6.07) is -0.826. The average molecular weight is 1190 g/mol. The molecule has 12 atom stereocenters. The first-order valence-electron chi connectivity index (χ1n) is 35.2. The average Bonchev–Trinajstić information content (AvgIpc) is 2.58. The topological polar surface area (TPSA) is 228 Å². The predicted molar refractivity (Wildman–Crippen MR) is 341 cm³/mol. The molecule has 0 saturated carbocycles. The van der Waals surface area contributed by atoms with E-state index in [9.17, 15) is 45.6 Å². The van der Waals surface area contributed by atoms with Gasteiger partial charge in [0.25, 0.3) is 0 Å². The number of rotatable bonds is 58. The lowest BCUT2D eigenvalue weighted by Crippen LogP contribution is -2.65. The van der Waals surface area contributed by atoms with E-state index >= 15 is 0 Å². The number of aliphatic hydroxyl groups is 8. The van der Waals surface area contributed by atoms with Crippen molar-refractivity contribution in [2.45, 2.75) is 383 Å². The molecule has 84 heavy (non-hydrogen) atoms. The van der Waals surface area contributed by atoms with Gasteiger partial charge in [-0.25, -0.2) is 0 Å². The molecule has 0 bridgehead atoms. The molecule has 494 valence electrons. The number of allylic oxidation sites excluding steroid dienone is 6. The Bertz CT molecular complexity index is 1550. The Morgan fingerprint density at radius 3 is 1.20 bits per heavy atom. The molecule has 2 saturated heterocycles. The van der Waals surface area contributed by atoms with Crippen LogP contribution in [0.15, 0.2) is 36.5 Å². The van der Waals surface area contributed by atoms with E-state index in [1.165, 1.54) is 218 Å². The highest BCUT2D eigenvalue weighted by Gasteiger charge is 2.51. The maximum absolute atomic E-state index is 13.3. The molecule has 12 unspecified atom stereocenters. The number of unbranched alkanes of at least 4 members (excludes halogenated alkanes) is 39. The largest absolute Gasteiger partial charge is 0.394 e. The van der Waals surface area contributed by atoms with Gasteiger partial charge in [-0.2, -0.15) is 0 Å². The number of hydrogen-bond donors (Lipinski definition) is 9. The molecule has 2 aliphatic heterocycles. The van der Waals surface area contributed by atoms with Gasteiger partial charge in [-0.3, -0.25) is 4.79 Å². The lowest BCUT2D eigenvalue weighted by atomic mass is 9.97. The summed E-state index contributed by atoms with van der Waals surface area (Å²) in [5, 5.41) is 87.4. The summed E-state index contributed by atoms with van der Waals surface area (Å²) >= 11 is 0. The zero-order valence-electron chi connectivity index (χ0n) is 53.7. The first kappa shape index (κ1) is 78.3. The standard InChI is InChI=1S/C70H131NO13/c1-3-5-7-9-11-13-15-17-18-19-20-21-22-23-24-25-26-27-28-29-30-31-32-33-34-35-36-37-38-39-40-42-44-46-48-50-52-54-62(75)71-58(59(74)53-51-49-47-45-43-41-16-14-12-10-8-6-4-2)57-81-69-67(80)65(78)68(61(56-73)83-69)84-70-66(79)64(77)63(76)60(55-72)82-70/h15,17,19-20,22-23,58-61,63-70,72-74,76-80H,3-14,16,18,21,24-57H2,1-2H3,(H,71,75)/b17-15-,20-19-,23-22-. The van der Waals surface area contributed by atoms with E-state index in [-0.39, 0.29) is 12.5 Å². The van der Waals surface area contributed by atoms with E-state index in [0.717, 1.165) is 64.2 Å². The van der Waals surface area contributed by atoms with Gasteiger partial charge >= 0.3 is 0 Å². The van der Waals surface area contributed by atoms with Crippen molar-refractivity contribution in [2.75, 3.05) is 19.8 Å². The number of amides is 1. The second kappa shape index (κ2) is 55.3. The Labute approximate surface area is 512 Å². The molecule has 0 radical (unpaired) electrons. The van der Waals surface area contributed by atoms with Crippen molar-refractivity contribution in [3.05, 3.63) is 36.5 Å². The van der Waals surface area contributed by atoms with Crippen molar-refractivity contribution in [2.24, 2.45) is 0 Å². The molecule has 0 spiro atoms. The van der Waals surface area contributed by atoms with Gasteiger partial charge in [0.2, 0.25) is 5.91 Å². The molecule has 14 nitrogen and oxygen atoms in total. The minimum atomic E-state index is -1.78. The Morgan fingerprint density at radius 2 is 0.786 bits per heavy atom. The molecule has 0 aromatic carbocycles. The Hall–Kier alpha value is -1.79. The van der Waals surface area contributed by atoms with E-state index in [0.29, 0.717) is 12.8 Å². The van der Waals surface area contributed by atoms with Crippen molar-refractivity contribution in [1.82, 2.24) is 5.32 Å². The molecule has 1 amide bonds. The summed E-state index contributed by atoms with van der Waals surface area (Å²) in [7, 11) is 0. The maximum Gasteiger partial charge on any atom is 0.220 e. The molecule has 0 aliphatic carbocycles. The Morgan fingerprint density at radius 1 is 0.429 bits per heavy atom. The zero-order valence-corrected chi connectivity index (χ0v) is 53.7. The highest BCUT2D eigenvalue weighted by molar-refractivity contribution is 5.76. The van der Waals surface area contributed by atoms with Gasteiger partial charge in [0.15, 0.2) is 12.6 Å². The van der Waals surface area contributed by atoms with E-state index in [2.05, 4.69) is 55.6 Å². The van der Waals surface area contributed by atoms with Crippen molar-refractivity contribution in [3.8, 4) is 0 Å². The van der Waals surface area contributed by atoms with Crippen LogP contribution in [0.25, 0.3) is 0 Å². The summed E-state index contributed by atoms with van der Waals surface area (Å²) in [5.74, 6) is -0.202.